The lowest BCUT2D eigenvalue weighted by Gasteiger charge is -2.10. The van der Waals surface area contributed by atoms with E-state index in [-0.39, 0.29) is 12.5 Å². The molecule has 5 nitrogen and oxygen atoms in total. The number of aromatic nitrogens is 2. The van der Waals surface area contributed by atoms with Crippen LogP contribution in [0.5, 0.6) is 0 Å². The predicted octanol–water partition coefficient (Wildman–Crippen LogP) is 1.13. The average Bonchev–Trinajstić information content (AvgIpc) is 2.69. The molecule has 1 N–H and O–H groups in total. The molecule has 2 rings (SSSR count). The summed E-state index contributed by atoms with van der Waals surface area (Å²) in [6.45, 7) is 1.50. The summed E-state index contributed by atoms with van der Waals surface area (Å²) in [7, 11) is 0. The Morgan fingerprint density at radius 3 is 3.29 bits per heavy atom. The number of amides is 1. The monoisotopic (exact) mass is 211 g/mol. The van der Waals surface area contributed by atoms with E-state index in [2.05, 4.69) is 4.98 Å². The first-order chi connectivity index (χ1) is 6.68. The number of hydrogen-bond donors (Lipinski definition) is 1. The zero-order valence-electron chi connectivity index (χ0n) is 7.54. The summed E-state index contributed by atoms with van der Waals surface area (Å²) in [6, 6.07) is 0. The van der Waals surface area contributed by atoms with Gasteiger partial charge < -0.3 is 0 Å². The van der Waals surface area contributed by atoms with Gasteiger partial charge in [-0.05, 0) is 0 Å². The molecule has 0 fully saturated rings. The second-order valence-corrected chi connectivity index (χ2v) is 3.80. The van der Waals surface area contributed by atoms with Gasteiger partial charge in [-0.1, -0.05) is 0 Å². The molecule has 14 heavy (non-hydrogen) atoms. The number of fused-ring (bicyclic) bond motifs is 1. The number of nitrogens with zero attached hydrogens (tertiary/aromatic N) is 3. The highest BCUT2D eigenvalue weighted by Gasteiger charge is 2.09. The quantitative estimate of drug-likeness (QED) is 0.598. The molecule has 0 aliphatic heterocycles. The van der Waals surface area contributed by atoms with Crippen LogP contribution >= 0.6 is 11.3 Å². The van der Waals surface area contributed by atoms with E-state index in [1.807, 2.05) is 9.78 Å². The number of thiazole rings is 1. The summed E-state index contributed by atoms with van der Waals surface area (Å²) in [4.78, 5) is 15.8. The van der Waals surface area contributed by atoms with Gasteiger partial charge in [-0.3, -0.25) is 14.4 Å². The van der Waals surface area contributed by atoms with Gasteiger partial charge in [0.1, 0.15) is 11.2 Å². The van der Waals surface area contributed by atoms with Gasteiger partial charge in [-0.25, -0.2) is 10.0 Å². The maximum atomic E-state index is 10.8. The predicted molar refractivity (Wildman–Crippen MR) is 51.1 cm³/mol. The van der Waals surface area contributed by atoms with Crippen molar-refractivity contribution in [1.29, 1.82) is 0 Å². The van der Waals surface area contributed by atoms with Crippen LogP contribution in [0, 0.1) is 0 Å². The third-order valence-electron chi connectivity index (χ3n) is 1.90. The topological polar surface area (TPSA) is 57.8 Å². The molecule has 74 valence electrons. The Bertz CT molecular complexity index is 462. The molecule has 6 heteroatoms. The highest BCUT2D eigenvalue weighted by Crippen LogP contribution is 2.16. The maximum absolute atomic E-state index is 10.8. The van der Waals surface area contributed by atoms with Crippen LogP contribution in [0.2, 0.25) is 0 Å². The lowest BCUT2D eigenvalue weighted by atomic mass is 10.4. The molecule has 1 amide bonds. The molecular weight excluding hydrogens is 202 g/mol. The van der Waals surface area contributed by atoms with Crippen molar-refractivity contribution in [3.05, 3.63) is 23.6 Å². The standard InChI is InChI=1S/C8H9N3O2S/c1-6(12)11(13)3-7-4-14-8-2-9-5-10(7)8/h2,4-5,13H,3H2,1H3. The van der Waals surface area contributed by atoms with Crippen molar-refractivity contribution in [3.63, 3.8) is 0 Å². The van der Waals surface area contributed by atoms with Crippen molar-refractivity contribution in [1.82, 2.24) is 14.4 Å². The van der Waals surface area contributed by atoms with Crippen LogP contribution in [0.25, 0.3) is 4.83 Å². The third kappa shape index (κ3) is 1.49. The van der Waals surface area contributed by atoms with Gasteiger partial charge in [0.05, 0.1) is 18.4 Å². The average molecular weight is 211 g/mol. The first kappa shape index (κ1) is 9.17. The van der Waals surface area contributed by atoms with Crippen LogP contribution < -0.4 is 0 Å². The normalized spacial score (nSPS) is 10.7. The summed E-state index contributed by atoms with van der Waals surface area (Å²) < 4.78 is 1.84. The summed E-state index contributed by atoms with van der Waals surface area (Å²) >= 11 is 1.53. The van der Waals surface area contributed by atoms with Gasteiger partial charge in [-0.15, -0.1) is 11.3 Å². The number of carbonyl (C=O) groups excluding carboxylic acids is 1. The number of hydrogen-bond acceptors (Lipinski definition) is 4. The Hall–Kier alpha value is -1.40. The molecule has 0 aliphatic carbocycles. The first-order valence-electron chi connectivity index (χ1n) is 4.04. The highest BCUT2D eigenvalue weighted by atomic mass is 32.1. The molecule has 0 bridgehead atoms. The Labute approximate surface area is 84.2 Å². The molecule has 0 saturated carbocycles. The van der Waals surface area contributed by atoms with Gasteiger partial charge in [0.25, 0.3) is 0 Å². The van der Waals surface area contributed by atoms with Crippen molar-refractivity contribution in [3.8, 4) is 0 Å². The number of carbonyl (C=O) groups is 1. The molecule has 0 aliphatic rings. The molecular formula is C8H9N3O2S. The summed E-state index contributed by atoms with van der Waals surface area (Å²) in [6.07, 6.45) is 3.40. The van der Waals surface area contributed by atoms with E-state index >= 15 is 0 Å². The first-order valence-corrected chi connectivity index (χ1v) is 4.92. The Balaban J connectivity index is 2.27. The maximum Gasteiger partial charge on any atom is 0.243 e. The minimum atomic E-state index is -0.371. The second-order valence-electron chi connectivity index (χ2n) is 2.91. The molecule has 0 unspecified atom stereocenters. The zero-order chi connectivity index (χ0) is 10.1. The Morgan fingerprint density at radius 2 is 2.57 bits per heavy atom. The smallest absolute Gasteiger partial charge is 0.243 e. The van der Waals surface area contributed by atoms with Crippen molar-refractivity contribution in [2.24, 2.45) is 0 Å². The minimum absolute atomic E-state index is 0.186. The van der Waals surface area contributed by atoms with E-state index in [1.165, 1.54) is 18.3 Å². The van der Waals surface area contributed by atoms with Crippen LogP contribution in [0.1, 0.15) is 12.6 Å². The molecule has 0 saturated heterocycles. The van der Waals surface area contributed by atoms with Crippen molar-refractivity contribution >= 4 is 22.1 Å². The molecule has 2 heterocycles. The largest absolute Gasteiger partial charge is 0.292 e. The van der Waals surface area contributed by atoms with Gasteiger partial charge in [-0.2, -0.15) is 0 Å². The van der Waals surface area contributed by atoms with Crippen molar-refractivity contribution in [2.75, 3.05) is 0 Å². The fraction of sp³-hybridized carbons (Fsp3) is 0.250. The molecule has 2 aromatic rings. The van der Waals surface area contributed by atoms with E-state index < -0.39 is 0 Å². The van der Waals surface area contributed by atoms with Crippen LogP contribution in [0.3, 0.4) is 0 Å². The van der Waals surface area contributed by atoms with E-state index in [0.717, 1.165) is 10.5 Å². The fourth-order valence-electron chi connectivity index (χ4n) is 1.15. The van der Waals surface area contributed by atoms with Crippen LogP contribution in [-0.4, -0.2) is 25.6 Å². The molecule has 0 spiro atoms. The number of hydroxylamine groups is 2. The lowest BCUT2D eigenvalue weighted by molar-refractivity contribution is -0.165. The summed E-state index contributed by atoms with van der Waals surface area (Å²) in [5, 5.41) is 11.8. The fourth-order valence-corrected chi connectivity index (χ4v) is 1.99. The number of rotatable bonds is 2. The van der Waals surface area contributed by atoms with Gasteiger partial charge in [0.2, 0.25) is 5.91 Å². The van der Waals surface area contributed by atoms with E-state index in [0.29, 0.717) is 5.06 Å². The van der Waals surface area contributed by atoms with Gasteiger partial charge >= 0.3 is 0 Å². The van der Waals surface area contributed by atoms with Crippen LogP contribution in [0.4, 0.5) is 0 Å². The van der Waals surface area contributed by atoms with Gasteiger partial charge in [0.15, 0.2) is 0 Å². The van der Waals surface area contributed by atoms with Crippen molar-refractivity contribution < 1.29 is 10.0 Å². The zero-order valence-corrected chi connectivity index (χ0v) is 8.36. The summed E-state index contributed by atoms with van der Waals surface area (Å²) in [5.74, 6) is -0.371. The third-order valence-corrected chi connectivity index (χ3v) is 2.84. The minimum Gasteiger partial charge on any atom is -0.292 e. The number of imidazole rings is 1. The van der Waals surface area contributed by atoms with E-state index in [4.69, 9.17) is 0 Å². The van der Waals surface area contributed by atoms with Gasteiger partial charge in [0, 0.05) is 12.3 Å². The van der Waals surface area contributed by atoms with Crippen LogP contribution in [-0.2, 0) is 11.3 Å². The Morgan fingerprint density at radius 1 is 1.79 bits per heavy atom. The summed E-state index contributed by atoms with van der Waals surface area (Å²) in [5.41, 5.74) is 0.847. The van der Waals surface area contributed by atoms with E-state index in [1.54, 1.807) is 12.5 Å². The van der Waals surface area contributed by atoms with Crippen LogP contribution in [0.15, 0.2) is 17.9 Å². The highest BCUT2D eigenvalue weighted by molar-refractivity contribution is 7.15. The van der Waals surface area contributed by atoms with E-state index in [9.17, 15) is 10.0 Å². The SMILES string of the molecule is CC(=O)N(O)Cc1csc2cncn12. The molecule has 2 aromatic heterocycles. The molecule has 0 radical (unpaired) electrons. The van der Waals surface area contributed by atoms with Crippen molar-refractivity contribution in [2.45, 2.75) is 13.5 Å². The second kappa shape index (κ2) is 3.39. The molecule has 0 aromatic carbocycles. The molecule has 0 atom stereocenters. The lowest BCUT2D eigenvalue weighted by Crippen LogP contribution is -2.24. The Kier molecular flexibility index (Phi) is 2.22.